The molecule has 0 N–H and O–H groups in total. The van der Waals surface area contributed by atoms with Crippen LogP contribution in [0.5, 0.6) is 0 Å². The summed E-state index contributed by atoms with van der Waals surface area (Å²) >= 11 is 0. The SMILES string of the molecule is CCCCC/C=C(\CC)C(OC(C)=O)OC(C)=O. The van der Waals surface area contributed by atoms with Crippen LogP contribution < -0.4 is 0 Å². The van der Waals surface area contributed by atoms with E-state index in [0.717, 1.165) is 24.8 Å². The highest BCUT2D eigenvalue weighted by atomic mass is 16.7. The van der Waals surface area contributed by atoms with Gasteiger partial charge >= 0.3 is 11.9 Å². The Balaban J connectivity index is 4.57. The largest absolute Gasteiger partial charge is 0.421 e. The van der Waals surface area contributed by atoms with Crippen molar-refractivity contribution in [1.82, 2.24) is 0 Å². The summed E-state index contributed by atoms with van der Waals surface area (Å²) in [5.74, 6) is -0.900. The smallest absolute Gasteiger partial charge is 0.305 e. The Bertz CT molecular complexity index is 278. The van der Waals surface area contributed by atoms with Gasteiger partial charge < -0.3 is 9.47 Å². The molecule has 0 rings (SSSR count). The molecule has 0 saturated carbocycles. The Hall–Kier alpha value is -1.32. The van der Waals surface area contributed by atoms with Gasteiger partial charge in [0.15, 0.2) is 0 Å². The van der Waals surface area contributed by atoms with Gasteiger partial charge in [-0.25, -0.2) is 0 Å². The van der Waals surface area contributed by atoms with Gasteiger partial charge in [0.1, 0.15) is 0 Å². The Labute approximate surface area is 109 Å². The molecule has 0 spiro atoms. The normalized spacial score (nSPS) is 11.5. The van der Waals surface area contributed by atoms with Crippen molar-refractivity contribution in [1.29, 1.82) is 0 Å². The van der Waals surface area contributed by atoms with Gasteiger partial charge in [-0.2, -0.15) is 0 Å². The standard InChI is InChI=1S/C14H24O4/c1-5-7-8-9-10-13(6-2)14(17-11(3)15)18-12(4)16/h10,14H,5-9H2,1-4H3/b13-10+. The second-order valence-electron chi connectivity index (χ2n) is 4.18. The number of hydrogen-bond acceptors (Lipinski definition) is 4. The summed E-state index contributed by atoms with van der Waals surface area (Å²) in [7, 11) is 0. The van der Waals surface area contributed by atoms with Crippen LogP contribution in [0.2, 0.25) is 0 Å². The molecule has 4 nitrogen and oxygen atoms in total. The summed E-state index contributed by atoms with van der Waals surface area (Å²) < 4.78 is 10.0. The molecule has 0 aromatic rings. The maximum Gasteiger partial charge on any atom is 0.305 e. The average molecular weight is 256 g/mol. The molecule has 0 aromatic heterocycles. The molecular formula is C14H24O4. The van der Waals surface area contributed by atoms with E-state index in [1.807, 2.05) is 13.0 Å². The van der Waals surface area contributed by atoms with Crippen LogP contribution in [0, 0.1) is 0 Å². The fourth-order valence-corrected chi connectivity index (χ4v) is 1.57. The van der Waals surface area contributed by atoms with Crippen molar-refractivity contribution in [2.24, 2.45) is 0 Å². The third-order valence-corrected chi connectivity index (χ3v) is 2.47. The molecule has 18 heavy (non-hydrogen) atoms. The fraction of sp³-hybridized carbons (Fsp3) is 0.714. The molecule has 0 atom stereocenters. The van der Waals surface area contributed by atoms with Crippen LogP contribution in [-0.2, 0) is 19.1 Å². The van der Waals surface area contributed by atoms with Gasteiger partial charge in [0.05, 0.1) is 0 Å². The second kappa shape index (κ2) is 9.68. The summed E-state index contributed by atoms with van der Waals surface area (Å²) in [5.41, 5.74) is 0.844. The fourth-order valence-electron chi connectivity index (χ4n) is 1.57. The number of hydrogen-bond donors (Lipinski definition) is 0. The van der Waals surface area contributed by atoms with E-state index in [1.165, 1.54) is 20.3 Å². The zero-order chi connectivity index (χ0) is 14.0. The highest BCUT2D eigenvalue weighted by Crippen LogP contribution is 2.15. The first-order valence-corrected chi connectivity index (χ1v) is 6.54. The second-order valence-corrected chi connectivity index (χ2v) is 4.18. The lowest BCUT2D eigenvalue weighted by molar-refractivity contribution is -0.178. The van der Waals surface area contributed by atoms with E-state index >= 15 is 0 Å². The Morgan fingerprint density at radius 2 is 1.61 bits per heavy atom. The summed E-state index contributed by atoms with van der Waals surface area (Å²) in [6.45, 7) is 6.71. The van der Waals surface area contributed by atoms with Gasteiger partial charge in [0, 0.05) is 19.4 Å². The summed E-state index contributed by atoms with van der Waals surface area (Å²) in [6, 6.07) is 0. The Morgan fingerprint density at radius 1 is 1.06 bits per heavy atom. The van der Waals surface area contributed by atoms with Crippen molar-refractivity contribution in [2.75, 3.05) is 0 Å². The number of ether oxygens (including phenoxy) is 2. The van der Waals surface area contributed by atoms with Crippen LogP contribution in [0.15, 0.2) is 11.6 Å². The zero-order valence-corrected chi connectivity index (χ0v) is 11.8. The molecule has 0 unspecified atom stereocenters. The average Bonchev–Trinajstić information content (AvgIpc) is 2.27. The molecule has 104 valence electrons. The third kappa shape index (κ3) is 7.87. The first-order chi connectivity index (χ1) is 8.51. The molecule has 4 heteroatoms. The molecule has 0 fully saturated rings. The number of carbonyl (C=O) groups excluding carboxylic acids is 2. The molecule has 0 bridgehead atoms. The van der Waals surface area contributed by atoms with Crippen molar-refractivity contribution in [3.63, 3.8) is 0 Å². The Kier molecular flexibility index (Phi) is 8.97. The van der Waals surface area contributed by atoms with E-state index in [-0.39, 0.29) is 0 Å². The van der Waals surface area contributed by atoms with E-state index in [4.69, 9.17) is 9.47 Å². The van der Waals surface area contributed by atoms with Crippen LogP contribution in [0.1, 0.15) is 59.8 Å². The number of rotatable bonds is 8. The predicted octanol–water partition coefficient (Wildman–Crippen LogP) is 3.36. The van der Waals surface area contributed by atoms with E-state index in [2.05, 4.69) is 6.92 Å². The first-order valence-electron chi connectivity index (χ1n) is 6.54. The highest BCUT2D eigenvalue weighted by Gasteiger charge is 2.18. The van der Waals surface area contributed by atoms with E-state index in [1.54, 1.807) is 0 Å². The minimum absolute atomic E-state index is 0.450. The Morgan fingerprint density at radius 3 is 2.00 bits per heavy atom. The summed E-state index contributed by atoms with van der Waals surface area (Å²) in [4.78, 5) is 22.0. The molecule has 0 aliphatic carbocycles. The quantitative estimate of drug-likeness (QED) is 0.289. The van der Waals surface area contributed by atoms with Crippen molar-refractivity contribution in [3.05, 3.63) is 11.6 Å². The first kappa shape index (κ1) is 16.7. The molecule has 0 radical (unpaired) electrons. The maximum atomic E-state index is 11.0. The lowest BCUT2D eigenvalue weighted by Crippen LogP contribution is -2.24. The van der Waals surface area contributed by atoms with Gasteiger partial charge in [-0.1, -0.05) is 32.8 Å². The summed E-state index contributed by atoms with van der Waals surface area (Å²) in [5, 5.41) is 0. The van der Waals surface area contributed by atoms with E-state index < -0.39 is 18.2 Å². The maximum absolute atomic E-state index is 11.0. The molecule has 0 aromatic carbocycles. The minimum atomic E-state index is -0.869. The number of allylic oxidation sites excluding steroid dienone is 1. The van der Waals surface area contributed by atoms with Gasteiger partial charge in [-0.15, -0.1) is 0 Å². The summed E-state index contributed by atoms with van der Waals surface area (Å²) in [6.07, 6.45) is 6.16. The van der Waals surface area contributed by atoms with Crippen LogP contribution >= 0.6 is 0 Å². The van der Waals surface area contributed by atoms with Crippen LogP contribution in [0.4, 0.5) is 0 Å². The zero-order valence-electron chi connectivity index (χ0n) is 11.8. The molecule has 0 saturated heterocycles. The number of carbonyl (C=O) groups is 2. The van der Waals surface area contributed by atoms with Crippen LogP contribution in [-0.4, -0.2) is 18.2 Å². The van der Waals surface area contributed by atoms with Crippen molar-refractivity contribution in [2.45, 2.75) is 66.1 Å². The molecule has 0 heterocycles. The number of unbranched alkanes of at least 4 members (excludes halogenated alkanes) is 3. The molecule has 0 amide bonds. The number of esters is 2. The van der Waals surface area contributed by atoms with Gasteiger partial charge in [-0.05, 0) is 19.3 Å². The topological polar surface area (TPSA) is 52.6 Å². The molecular weight excluding hydrogens is 232 g/mol. The monoisotopic (exact) mass is 256 g/mol. The highest BCUT2D eigenvalue weighted by molar-refractivity contribution is 5.68. The lowest BCUT2D eigenvalue weighted by atomic mass is 10.1. The lowest BCUT2D eigenvalue weighted by Gasteiger charge is -2.19. The molecule has 0 aliphatic rings. The minimum Gasteiger partial charge on any atom is -0.421 e. The van der Waals surface area contributed by atoms with Crippen molar-refractivity contribution in [3.8, 4) is 0 Å². The van der Waals surface area contributed by atoms with Gasteiger partial charge in [0.2, 0.25) is 0 Å². The van der Waals surface area contributed by atoms with Crippen LogP contribution in [0.3, 0.4) is 0 Å². The third-order valence-electron chi connectivity index (χ3n) is 2.47. The van der Waals surface area contributed by atoms with E-state index in [0.29, 0.717) is 6.42 Å². The van der Waals surface area contributed by atoms with Crippen molar-refractivity contribution < 1.29 is 19.1 Å². The molecule has 0 aliphatic heterocycles. The van der Waals surface area contributed by atoms with Gasteiger partial charge in [-0.3, -0.25) is 9.59 Å². The van der Waals surface area contributed by atoms with Crippen LogP contribution in [0.25, 0.3) is 0 Å². The van der Waals surface area contributed by atoms with Crippen molar-refractivity contribution >= 4 is 11.9 Å². The van der Waals surface area contributed by atoms with Gasteiger partial charge in [0.25, 0.3) is 6.29 Å². The van der Waals surface area contributed by atoms with E-state index in [9.17, 15) is 9.59 Å². The predicted molar refractivity (Wildman–Crippen MR) is 69.8 cm³/mol.